The lowest BCUT2D eigenvalue weighted by molar-refractivity contribution is -0.112. The Labute approximate surface area is 127 Å². The van der Waals surface area contributed by atoms with E-state index in [1.54, 1.807) is 43.3 Å². The number of carbonyl (C=O) groups excluding carboxylic acids is 2. The van der Waals surface area contributed by atoms with Gasteiger partial charge in [0, 0.05) is 17.3 Å². The molecule has 1 aromatic carbocycles. The second-order valence-electron chi connectivity index (χ2n) is 4.71. The van der Waals surface area contributed by atoms with Gasteiger partial charge in [-0.2, -0.15) is 5.26 Å². The first-order valence-corrected chi connectivity index (χ1v) is 6.60. The van der Waals surface area contributed by atoms with E-state index in [0.717, 1.165) is 0 Å². The smallest absolute Gasteiger partial charge is 0.266 e. The van der Waals surface area contributed by atoms with Crippen LogP contribution in [-0.4, -0.2) is 11.7 Å². The number of hydrogen-bond donors (Lipinski definition) is 1. The molecule has 0 radical (unpaired) electrons. The summed E-state index contributed by atoms with van der Waals surface area (Å²) in [5, 5.41) is 11.7. The molecule has 1 N–H and O–H groups in total. The Hall–Kier alpha value is -3.13. The lowest BCUT2D eigenvalue weighted by atomic mass is 10.1. The summed E-state index contributed by atoms with van der Waals surface area (Å²) in [6.07, 6.45) is 1.38. The molecule has 2 aromatic rings. The molecule has 0 spiro atoms. The van der Waals surface area contributed by atoms with E-state index < -0.39 is 5.91 Å². The van der Waals surface area contributed by atoms with Gasteiger partial charge in [0.1, 0.15) is 23.2 Å². The Balaban J connectivity index is 2.14. The third kappa shape index (κ3) is 3.70. The summed E-state index contributed by atoms with van der Waals surface area (Å²) in [7, 11) is 0. The highest BCUT2D eigenvalue weighted by molar-refractivity contribution is 6.09. The molecule has 0 bridgehead atoms. The van der Waals surface area contributed by atoms with E-state index in [2.05, 4.69) is 5.32 Å². The molecule has 5 nitrogen and oxygen atoms in total. The molecule has 110 valence electrons. The second kappa shape index (κ2) is 6.55. The fraction of sp³-hybridized carbons (Fsp3) is 0.118. The van der Waals surface area contributed by atoms with Crippen molar-refractivity contribution in [3.63, 3.8) is 0 Å². The van der Waals surface area contributed by atoms with Crippen LogP contribution in [0.3, 0.4) is 0 Å². The van der Waals surface area contributed by atoms with E-state index in [-0.39, 0.29) is 11.4 Å². The third-order valence-electron chi connectivity index (χ3n) is 2.96. The van der Waals surface area contributed by atoms with Crippen LogP contribution in [-0.2, 0) is 4.79 Å². The zero-order valence-electron chi connectivity index (χ0n) is 12.2. The van der Waals surface area contributed by atoms with Crippen molar-refractivity contribution < 1.29 is 14.0 Å². The number of rotatable bonds is 4. The standard InChI is InChI=1S/C17H14N2O3/c1-11-3-8-16(22-11)9-14(10-18)17(21)19-15-6-4-13(5-7-15)12(2)20/h3-9H,1-2H3,(H,19,21). The Bertz CT molecular complexity index is 777. The molecule has 1 aromatic heterocycles. The molecule has 0 aliphatic rings. The van der Waals surface area contributed by atoms with Crippen LogP contribution in [0.15, 0.2) is 46.4 Å². The third-order valence-corrected chi connectivity index (χ3v) is 2.96. The van der Waals surface area contributed by atoms with Crippen LogP contribution in [0.1, 0.15) is 28.8 Å². The van der Waals surface area contributed by atoms with Gasteiger partial charge in [-0.15, -0.1) is 0 Å². The molecule has 0 unspecified atom stereocenters. The maximum atomic E-state index is 12.1. The number of ketones is 1. The van der Waals surface area contributed by atoms with E-state index in [0.29, 0.717) is 22.8 Å². The van der Waals surface area contributed by atoms with Gasteiger partial charge < -0.3 is 9.73 Å². The maximum Gasteiger partial charge on any atom is 0.266 e. The largest absolute Gasteiger partial charge is 0.462 e. The summed E-state index contributed by atoms with van der Waals surface area (Å²) in [4.78, 5) is 23.3. The summed E-state index contributed by atoms with van der Waals surface area (Å²) in [5.41, 5.74) is 0.997. The summed E-state index contributed by atoms with van der Waals surface area (Å²) in [5.74, 6) is 0.552. The zero-order valence-corrected chi connectivity index (χ0v) is 12.2. The van der Waals surface area contributed by atoms with Gasteiger partial charge in [-0.05, 0) is 50.2 Å². The van der Waals surface area contributed by atoms with Crippen LogP contribution in [0, 0.1) is 18.3 Å². The summed E-state index contributed by atoms with van der Waals surface area (Å²) < 4.78 is 5.31. The number of anilines is 1. The zero-order chi connectivity index (χ0) is 16.1. The van der Waals surface area contributed by atoms with Crippen molar-refractivity contribution in [2.24, 2.45) is 0 Å². The predicted molar refractivity (Wildman–Crippen MR) is 82.1 cm³/mol. The molecule has 0 aliphatic carbocycles. The molecule has 0 saturated carbocycles. The first kappa shape index (κ1) is 15.3. The highest BCUT2D eigenvalue weighted by Crippen LogP contribution is 2.14. The van der Waals surface area contributed by atoms with Crippen molar-refractivity contribution in [3.05, 3.63) is 59.1 Å². The minimum absolute atomic E-state index is 0.0522. The number of nitrogens with one attached hydrogen (secondary N) is 1. The van der Waals surface area contributed by atoms with Gasteiger partial charge in [0.05, 0.1) is 0 Å². The van der Waals surface area contributed by atoms with Crippen LogP contribution in [0.2, 0.25) is 0 Å². The fourth-order valence-electron chi connectivity index (χ4n) is 1.81. The number of nitrogens with zero attached hydrogens (tertiary/aromatic N) is 1. The van der Waals surface area contributed by atoms with E-state index >= 15 is 0 Å². The van der Waals surface area contributed by atoms with Crippen LogP contribution in [0.25, 0.3) is 6.08 Å². The number of carbonyl (C=O) groups is 2. The molecule has 0 fully saturated rings. The van der Waals surface area contributed by atoms with Crippen molar-refractivity contribution in [2.75, 3.05) is 5.32 Å². The molecule has 22 heavy (non-hydrogen) atoms. The Morgan fingerprint density at radius 1 is 1.18 bits per heavy atom. The fourth-order valence-corrected chi connectivity index (χ4v) is 1.81. The Kier molecular flexibility index (Phi) is 4.54. The molecule has 1 heterocycles. The first-order chi connectivity index (χ1) is 10.5. The molecule has 0 aliphatic heterocycles. The number of amides is 1. The van der Waals surface area contributed by atoms with Gasteiger partial charge in [0.25, 0.3) is 5.91 Å². The van der Waals surface area contributed by atoms with Gasteiger partial charge in [0.2, 0.25) is 0 Å². The topological polar surface area (TPSA) is 83.1 Å². The number of aryl methyl sites for hydroxylation is 1. The average molecular weight is 294 g/mol. The highest BCUT2D eigenvalue weighted by Gasteiger charge is 2.11. The molecule has 0 saturated heterocycles. The van der Waals surface area contributed by atoms with Crippen LogP contribution < -0.4 is 5.32 Å². The lowest BCUT2D eigenvalue weighted by Crippen LogP contribution is -2.13. The van der Waals surface area contributed by atoms with Crippen molar-refractivity contribution in [1.82, 2.24) is 0 Å². The highest BCUT2D eigenvalue weighted by atomic mass is 16.3. The van der Waals surface area contributed by atoms with Crippen molar-refractivity contribution in [3.8, 4) is 6.07 Å². The Morgan fingerprint density at radius 3 is 2.36 bits per heavy atom. The summed E-state index contributed by atoms with van der Waals surface area (Å²) in [6, 6.07) is 11.7. The lowest BCUT2D eigenvalue weighted by Gasteiger charge is -2.04. The van der Waals surface area contributed by atoms with Crippen molar-refractivity contribution in [2.45, 2.75) is 13.8 Å². The SMILES string of the molecule is CC(=O)c1ccc(NC(=O)C(C#N)=Cc2ccc(C)o2)cc1. The van der Waals surface area contributed by atoms with Gasteiger partial charge in [-0.1, -0.05) is 0 Å². The number of furan rings is 1. The van der Waals surface area contributed by atoms with Crippen molar-refractivity contribution >= 4 is 23.5 Å². The normalized spacial score (nSPS) is 10.9. The number of Topliss-reactive ketones (excluding diaryl/α,β-unsaturated/α-hetero) is 1. The number of hydrogen-bond acceptors (Lipinski definition) is 4. The van der Waals surface area contributed by atoms with E-state index in [1.165, 1.54) is 13.0 Å². The molecule has 5 heteroatoms. The Morgan fingerprint density at radius 2 is 1.86 bits per heavy atom. The van der Waals surface area contributed by atoms with Gasteiger partial charge in [0.15, 0.2) is 5.78 Å². The second-order valence-corrected chi connectivity index (χ2v) is 4.71. The predicted octanol–water partition coefficient (Wildman–Crippen LogP) is 3.34. The number of benzene rings is 1. The van der Waals surface area contributed by atoms with Crippen LogP contribution >= 0.6 is 0 Å². The monoisotopic (exact) mass is 294 g/mol. The van der Waals surface area contributed by atoms with Gasteiger partial charge in [-0.3, -0.25) is 9.59 Å². The first-order valence-electron chi connectivity index (χ1n) is 6.60. The van der Waals surface area contributed by atoms with E-state index in [1.807, 2.05) is 6.07 Å². The summed E-state index contributed by atoms with van der Waals surface area (Å²) >= 11 is 0. The molecule has 2 rings (SSSR count). The molecular formula is C17H14N2O3. The molecule has 1 amide bonds. The van der Waals surface area contributed by atoms with Crippen molar-refractivity contribution in [1.29, 1.82) is 5.26 Å². The van der Waals surface area contributed by atoms with Crippen LogP contribution in [0.4, 0.5) is 5.69 Å². The minimum Gasteiger partial charge on any atom is -0.462 e. The van der Waals surface area contributed by atoms with Crippen LogP contribution in [0.5, 0.6) is 0 Å². The molecule has 0 atom stereocenters. The average Bonchev–Trinajstić information content (AvgIpc) is 2.90. The maximum absolute atomic E-state index is 12.1. The van der Waals surface area contributed by atoms with E-state index in [4.69, 9.17) is 9.68 Å². The quantitative estimate of drug-likeness (QED) is 0.532. The molecular weight excluding hydrogens is 280 g/mol. The number of nitriles is 1. The van der Waals surface area contributed by atoms with Gasteiger partial charge >= 0.3 is 0 Å². The summed E-state index contributed by atoms with van der Waals surface area (Å²) in [6.45, 7) is 3.25. The van der Waals surface area contributed by atoms with Gasteiger partial charge in [-0.25, -0.2) is 0 Å². The van der Waals surface area contributed by atoms with E-state index in [9.17, 15) is 9.59 Å². The minimum atomic E-state index is -0.535.